The van der Waals surface area contributed by atoms with Gasteiger partial charge >= 0.3 is 0 Å². The molecule has 1 amide bonds. The van der Waals surface area contributed by atoms with E-state index in [-0.39, 0.29) is 17.9 Å². The molecule has 1 aromatic carbocycles. The van der Waals surface area contributed by atoms with E-state index in [9.17, 15) is 4.79 Å². The lowest BCUT2D eigenvalue weighted by molar-refractivity contribution is -0.120. The fourth-order valence-electron chi connectivity index (χ4n) is 4.12. The number of thiophene rings is 1. The molecule has 0 N–H and O–H groups in total. The van der Waals surface area contributed by atoms with Crippen molar-refractivity contribution in [2.45, 2.75) is 38.1 Å². The maximum absolute atomic E-state index is 13.1. The molecule has 1 fully saturated rings. The first kappa shape index (κ1) is 19.6. The van der Waals surface area contributed by atoms with Gasteiger partial charge in [0.05, 0.1) is 12.0 Å². The number of aromatic nitrogens is 3. The molecule has 2 atom stereocenters. The standard InChI is InChI=1S/C24H22N4O2S/c1-16-6-8-18(9-7-16)28-22(29)11-10-19(23(28)20-5-3-13-31-20)24-26-21(27-30-24)14-17-4-2-12-25-15-17/h2-9,12-13,15,19,23H,10-11,14H2,1H3. The van der Waals surface area contributed by atoms with E-state index in [0.717, 1.165) is 21.7 Å². The van der Waals surface area contributed by atoms with Gasteiger partial charge in [-0.2, -0.15) is 4.98 Å². The molecule has 3 aromatic heterocycles. The van der Waals surface area contributed by atoms with Crippen LogP contribution in [-0.4, -0.2) is 21.0 Å². The highest BCUT2D eigenvalue weighted by Crippen LogP contribution is 2.46. The van der Waals surface area contributed by atoms with Crippen molar-refractivity contribution in [3.05, 3.63) is 94.0 Å². The second-order valence-electron chi connectivity index (χ2n) is 7.79. The topological polar surface area (TPSA) is 72.1 Å². The van der Waals surface area contributed by atoms with Gasteiger partial charge in [-0.05, 0) is 48.6 Å². The number of carbonyl (C=O) groups excluding carboxylic acids is 1. The van der Waals surface area contributed by atoms with Gasteiger partial charge < -0.3 is 9.42 Å². The van der Waals surface area contributed by atoms with Gasteiger partial charge in [-0.15, -0.1) is 11.3 Å². The first-order chi connectivity index (χ1) is 15.2. The van der Waals surface area contributed by atoms with E-state index in [1.54, 1.807) is 17.5 Å². The molecule has 0 spiro atoms. The van der Waals surface area contributed by atoms with Gasteiger partial charge in [0.15, 0.2) is 5.82 Å². The number of piperidine rings is 1. The van der Waals surface area contributed by atoms with Crippen LogP contribution in [0.5, 0.6) is 0 Å². The summed E-state index contributed by atoms with van der Waals surface area (Å²) >= 11 is 1.65. The monoisotopic (exact) mass is 430 g/mol. The van der Waals surface area contributed by atoms with Crippen LogP contribution in [0.25, 0.3) is 0 Å². The third kappa shape index (κ3) is 4.01. The average molecular weight is 431 g/mol. The second kappa shape index (κ2) is 8.43. The molecule has 2 unspecified atom stereocenters. The predicted molar refractivity (Wildman–Crippen MR) is 119 cm³/mol. The Balaban J connectivity index is 1.50. The summed E-state index contributed by atoms with van der Waals surface area (Å²) in [4.78, 5) is 25.0. The molecule has 6 nitrogen and oxygen atoms in total. The zero-order chi connectivity index (χ0) is 21.2. The second-order valence-corrected chi connectivity index (χ2v) is 8.77. The summed E-state index contributed by atoms with van der Waals surface area (Å²) in [6, 6.07) is 15.9. The summed E-state index contributed by atoms with van der Waals surface area (Å²) < 4.78 is 5.73. The number of rotatable bonds is 5. The van der Waals surface area contributed by atoms with Crippen LogP contribution in [0.4, 0.5) is 5.69 Å². The summed E-state index contributed by atoms with van der Waals surface area (Å²) in [5.41, 5.74) is 3.09. The molecular formula is C24H22N4O2S. The molecule has 1 aliphatic heterocycles. The molecule has 0 saturated carbocycles. The van der Waals surface area contributed by atoms with Gasteiger partial charge in [-0.1, -0.05) is 35.0 Å². The molecule has 4 heterocycles. The van der Waals surface area contributed by atoms with E-state index in [4.69, 9.17) is 9.51 Å². The van der Waals surface area contributed by atoms with Crippen LogP contribution in [0, 0.1) is 6.92 Å². The average Bonchev–Trinajstić information content (AvgIpc) is 3.47. The van der Waals surface area contributed by atoms with Crippen molar-refractivity contribution >= 4 is 22.9 Å². The largest absolute Gasteiger partial charge is 0.339 e. The van der Waals surface area contributed by atoms with Crippen molar-refractivity contribution in [1.29, 1.82) is 0 Å². The van der Waals surface area contributed by atoms with Crippen molar-refractivity contribution in [2.24, 2.45) is 0 Å². The predicted octanol–water partition coefficient (Wildman–Crippen LogP) is 5.08. The van der Waals surface area contributed by atoms with E-state index in [1.165, 1.54) is 0 Å². The molecule has 7 heteroatoms. The Bertz CT molecular complexity index is 1160. The number of amides is 1. The van der Waals surface area contributed by atoms with Crippen molar-refractivity contribution < 1.29 is 9.32 Å². The number of anilines is 1. The number of pyridine rings is 1. The number of aryl methyl sites for hydroxylation is 1. The van der Waals surface area contributed by atoms with Gasteiger partial charge in [0, 0.05) is 35.8 Å². The van der Waals surface area contributed by atoms with Crippen molar-refractivity contribution in [3.8, 4) is 0 Å². The third-order valence-corrected chi connectivity index (χ3v) is 6.57. The smallest absolute Gasteiger partial charge is 0.232 e. The van der Waals surface area contributed by atoms with Gasteiger partial charge in [-0.3, -0.25) is 9.78 Å². The normalized spacial score (nSPS) is 19.0. The number of carbonyl (C=O) groups is 1. The van der Waals surface area contributed by atoms with Crippen molar-refractivity contribution in [2.75, 3.05) is 4.90 Å². The van der Waals surface area contributed by atoms with Gasteiger partial charge in [0.25, 0.3) is 0 Å². The third-order valence-electron chi connectivity index (χ3n) is 5.63. The van der Waals surface area contributed by atoms with E-state index in [0.29, 0.717) is 31.0 Å². The molecule has 0 radical (unpaired) electrons. The SMILES string of the molecule is Cc1ccc(N2C(=O)CCC(c3nc(Cc4cccnc4)no3)C2c2cccs2)cc1. The van der Waals surface area contributed by atoms with Crippen molar-refractivity contribution in [3.63, 3.8) is 0 Å². The van der Waals surface area contributed by atoms with Crippen LogP contribution < -0.4 is 4.90 Å². The fraction of sp³-hybridized carbons (Fsp3) is 0.250. The van der Waals surface area contributed by atoms with Gasteiger partial charge in [-0.25, -0.2) is 0 Å². The minimum atomic E-state index is -0.171. The summed E-state index contributed by atoms with van der Waals surface area (Å²) in [6.07, 6.45) is 5.24. The van der Waals surface area contributed by atoms with Crippen LogP contribution in [0.15, 0.2) is 70.8 Å². The molecule has 156 valence electrons. The van der Waals surface area contributed by atoms with Gasteiger partial charge in [0.2, 0.25) is 11.8 Å². The zero-order valence-electron chi connectivity index (χ0n) is 17.1. The molecular weight excluding hydrogens is 408 g/mol. The Morgan fingerprint density at radius 3 is 2.77 bits per heavy atom. The number of hydrogen-bond donors (Lipinski definition) is 0. The highest BCUT2D eigenvalue weighted by molar-refractivity contribution is 7.10. The number of nitrogens with zero attached hydrogens (tertiary/aromatic N) is 4. The Morgan fingerprint density at radius 2 is 2.03 bits per heavy atom. The molecule has 1 saturated heterocycles. The summed E-state index contributed by atoms with van der Waals surface area (Å²) in [7, 11) is 0. The van der Waals surface area contributed by atoms with Crippen molar-refractivity contribution in [1.82, 2.24) is 15.1 Å². The Labute approximate surface area is 184 Å². The van der Waals surface area contributed by atoms with E-state index < -0.39 is 0 Å². The minimum absolute atomic E-state index is 0.0622. The maximum Gasteiger partial charge on any atom is 0.232 e. The Morgan fingerprint density at radius 1 is 1.16 bits per heavy atom. The zero-order valence-corrected chi connectivity index (χ0v) is 18.0. The molecule has 5 rings (SSSR count). The molecule has 4 aromatic rings. The lowest BCUT2D eigenvalue weighted by Crippen LogP contribution is -2.42. The van der Waals surface area contributed by atoms with E-state index >= 15 is 0 Å². The fourth-order valence-corrected chi connectivity index (χ4v) is 5.00. The summed E-state index contributed by atoms with van der Waals surface area (Å²) in [5, 5.41) is 6.26. The highest BCUT2D eigenvalue weighted by atomic mass is 32.1. The number of hydrogen-bond acceptors (Lipinski definition) is 6. The van der Waals surface area contributed by atoms with Crippen LogP contribution in [0.1, 0.15) is 52.5 Å². The van der Waals surface area contributed by atoms with Crippen LogP contribution in [0.3, 0.4) is 0 Å². The first-order valence-corrected chi connectivity index (χ1v) is 11.2. The Hall–Kier alpha value is -3.32. The van der Waals surface area contributed by atoms with E-state index in [1.807, 2.05) is 65.9 Å². The number of benzene rings is 1. The molecule has 0 bridgehead atoms. The maximum atomic E-state index is 13.1. The lowest BCUT2D eigenvalue weighted by atomic mass is 9.87. The van der Waals surface area contributed by atoms with Crippen LogP contribution >= 0.6 is 11.3 Å². The summed E-state index contributed by atoms with van der Waals surface area (Å²) in [5.74, 6) is 1.27. The highest BCUT2D eigenvalue weighted by Gasteiger charge is 2.41. The van der Waals surface area contributed by atoms with Gasteiger partial charge in [0.1, 0.15) is 0 Å². The summed E-state index contributed by atoms with van der Waals surface area (Å²) in [6.45, 7) is 2.05. The quantitative estimate of drug-likeness (QED) is 0.442. The van der Waals surface area contributed by atoms with Crippen LogP contribution in [0.2, 0.25) is 0 Å². The lowest BCUT2D eigenvalue weighted by Gasteiger charge is -2.39. The van der Waals surface area contributed by atoms with E-state index in [2.05, 4.69) is 16.2 Å². The molecule has 0 aliphatic carbocycles. The molecule has 1 aliphatic rings. The van der Waals surface area contributed by atoms with Crippen LogP contribution in [-0.2, 0) is 11.2 Å². The Kier molecular flexibility index (Phi) is 5.34. The molecule has 31 heavy (non-hydrogen) atoms. The first-order valence-electron chi connectivity index (χ1n) is 10.3. The minimum Gasteiger partial charge on any atom is -0.339 e.